The number of nitrogens with zero attached hydrogens (tertiary/aromatic N) is 1. The summed E-state index contributed by atoms with van der Waals surface area (Å²) in [5, 5.41) is 11.1. The lowest BCUT2D eigenvalue weighted by molar-refractivity contribution is -0.140. The molecule has 1 N–H and O–H groups in total. The maximum Gasteiger partial charge on any atom is 0.295 e. The zero-order valence-corrected chi connectivity index (χ0v) is 19.2. The lowest BCUT2D eigenvalue weighted by Crippen LogP contribution is -2.33. The monoisotopic (exact) mass is 457 g/mol. The van der Waals surface area contributed by atoms with E-state index in [2.05, 4.69) is 0 Å². The van der Waals surface area contributed by atoms with Crippen LogP contribution in [-0.2, 0) is 14.3 Å². The van der Waals surface area contributed by atoms with Crippen LogP contribution in [0, 0.1) is 0 Å². The molecule has 4 rings (SSSR count). The summed E-state index contributed by atoms with van der Waals surface area (Å²) in [6.07, 6.45) is -0.0119. The lowest BCUT2D eigenvalue weighted by atomic mass is 9.95. The van der Waals surface area contributed by atoms with Gasteiger partial charge in [-0.25, -0.2) is 0 Å². The van der Waals surface area contributed by atoms with Crippen molar-refractivity contribution in [3.05, 3.63) is 102 Å². The van der Waals surface area contributed by atoms with Crippen LogP contribution in [0.15, 0.2) is 90.5 Å². The fourth-order valence-electron chi connectivity index (χ4n) is 3.97. The average Bonchev–Trinajstić information content (AvgIpc) is 3.10. The summed E-state index contributed by atoms with van der Waals surface area (Å²) >= 11 is 0. The van der Waals surface area contributed by atoms with Gasteiger partial charge in [0.25, 0.3) is 11.7 Å². The second-order valence-electron chi connectivity index (χ2n) is 8.27. The number of para-hydroxylation sites is 1. The Morgan fingerprint density at radius 3 is 2.24 bits per heavy atom. The van der Waals surface area contributed by atoms with Crippen molar-refractivity contribution in [1.82, 2.24) is 4.90 Å². The van der Waals surface area contributed by atoms with Gasteiger partial charge in [0.2, 0.25) is 0 Å². The molecule has 0 bridgehead atoms. The molecule has 34 heavy (non-hydrogen) atoms. The zero-order chi connectivity index (χ0) is 24.1. The Bertz CT molecular complexity index is 1190. The number of aliphatic hydroxyl groups is 1. The largest absolute Gasteiger partial charge is 0.507 e. The molecule has 1 fully saturated rings. The zero-order valence-electron chi connectivity index (χ0n) is 19.2. The Morgan fingerprint density at radius 2 is 1.56 bits per heavy atom. The van der Waals surface area contributed by atoms with E-state index < -0.39 is 17.7 Å². The van der Waals surface area contributed by atoms with Gasteiger partial charge in [0.05, 0.1) is 24.3 Å². The summed E-state index contributed by atoms with van der Waals surface area (Å²) in [5.74, 6) is -0.351. The van der Waals surface area contributed by atoms with E-state index >= 15 is 0 Å². The molecule has 1 unspecified atom stereocenters. The summed E-state index contributed by atoms with van der Waals surface area (Å²) in [6, 6.07) is 24.6. The third-order valence-corrected chi connectivity index (χ3v) is 5.52. The number of aliphatic hydroxyl groups excluding tert-OH is 1. The van der Waals surface area contributed by atoms with Crippen LogP contribution in [0.25, 0.3) is 5.76 Å². The Kier molecular flexibility index (Phi) is 7.09. The number of carbonyl (C=O) groups is 2. The Hall–Kier alpha value is -3.90. The minimum Gasteiger partial charge on any atom is -0.507 e. The first-order valence-electron chi connectivity index (χ1n) is 11.2. The molecule has 1 aliphatic heterocycles. The number of likely N-dealkylation sites (tertiary alicyclic amines) is 1. The molecule has 1 atom stereocenters. The predicted octanol–water partition coefficient (Wildman–Crippen LogP) is 5.33. The van der Waals surface area contributed by atoms with E-state index in [9.17, 15) is 14.7 Å². The molecule has 0 aliphatic carbocycles. The maximum absolute atomic E-state index is 13.1. The number of Topliss-reactive ketones (excluding diaryl/α,β-unsaturated/α-hetero) is 1. The predicted molar refractivity (Wildman–Crippen MR) is 129 cm³/mol. The van der Waals surface area contributed by atoms with Crippen LogP contribution < -0.4 is 4.74 Å². The van der Waals surface area contributed by atoms with Crippen molar-refractivity contribution >= 4 is 17.4 Å². The van der Waals surface area contributed by atoms with E-state index in [1.165, 1.54) is 4.90 Å². The lowest BCUT2D eigenvalue weighted by Gasteiger charge is -2.26. The van der Waals surface area contributed by atoms with E-state index in [0.717, 1.165) is 0 Å². The van der Waals surface area contributed by atoms with Crippen LogP contribution in [0.3, 0.4) is 0 Å². The second-order valence-corrected chi connectivity index (χ2v) is 8.27. The Morgan fingerprint density at radius 1 is 0.912 bits per heavy atom. The van der Waals surface area contributed by atoms with Gasteiger partial charge in [-0.15, -0.1) is 0 Å². The van der Waals surface area contributed by atoms with E-state index in [0.29, 0.717) is 22.6 Å². The first kappa shape index (κ1) is 23.3. The Labute approximate surface area is 199 Å². The number of ether oxygens (including phenoxy) is 2. The number of ketones is 1. The maximum atomic E-state index is 13.1. The number of hydrogen-bond donors (Lipinski definition) is 1. The van der Waals surface area contributed by atoms with Gasteiger partial charge in [0, 0.05) is 12.1 Å². The van der Waals surface area contributed by atoms with Gasteiger partial charge in [0.1, 0.15) is 17.3 Å². The van der Waals surface area contributed by atoms with Crippen molar-refractivity contribution < 1.29 is 24.2 Å². The van der Waals surface area contributed by atoms with Crippen LogP contribution in [-0.4, -0.2) is 41.0 Å². The summed E-state index contributed by atoms with van der Waals surface area (Å²) in [4.78, 5) is 27.6. The van der Waals surface area contributed by atoms with Crippen LogP contribution >= 0.6 is 0 Å². The fourth-order valence-corrected chi connectivity index (χ4v) is 3.97. The second kappa shape index (κ2) is 10.4. The number of hydrogen-bond acceptors (Lipinski definition) is 5. The van der Waals surface area contributed by atoms with Gasteiger partial charge in [-0.1, -0.05) is 60.7 Å². The van der Waals surface area contributed by atoms with Crippen LogP contribution in [0.4, 0.5) is 0 Å². The van der Waals surface area contributed by atoms with E-state index in [1.54, 1.807) is 36.4 Å². The minimum absolute atomic E-state index is 0.0119. The number of amides is 1. The molecule has 6 nitrogen and oxygen atoms in total. The fraction of sp³-hybridized carbons (Fsp3) is 0.214. The first-order chi connectivity index (χ1) is 16.5. The topological polar surface area (TPSA) is 76.1 Å². The highest BCUT2D eigenvalue weighted by molar-refractivity contribution is 6.46. The number of carbonyl (C=O) groups excluding carboxylic acids is 2. The third-order valence-electron chi connectivity index (χ3n) is 5.52. The highest BCUT2D eigenvalue weighted by Gasteiger charge is 2.46. The van der Waals surface area contributed by atoms with E-state index in [1.807, 2.05) is 62.4 Å². The molecule has 1 amide bonds. The van der Waals surface area contributed by atoms with Gasteiger partial charge in [-0.3, -0.25) is 9.59 Å². The van der Waals surface area contributed by atoms with Crippen molar-refractivity contribution in [3.8, 4) is 11.5 Å². The minimum atomic E-state index is -0.768. The molecule has 1 heterocycles. The number of benzene rings is 3. The smallest absolute Gasteiger partial charge is 0.295 e. The van der Waals surface area contributed by atoms with Crippen molar-refractivity contribution in [2.24, 2.45) is 0 Å². The molecular weight excluding hydrogens is 430 g/mol. The molecule has 6 heteroatoms. The van der Waals surface area contributed by atoms with Gasteiger partial charge < -0.3 is 19.5 Å². The van der Waals surface area contributed by atoms with Gasteiger partial charge in [0.15, 0.2) is 0 Å². The highest BCUT2D eigenvalue weighted by atomic mass is 16.5. The van der Waals surface area contributed by atoms with Gasteiger partial charge in [-0.05, 0) is 43.7 Å². The van der Waals surface area contributed by atoms with Gasteiger partial charge >= 0.3 is 0 Å². The molecule has 174 valence electrons. The summed E-state index contributed by atoms with van der Waals surface area (Å²) < 4.78 is 11.6. The standard InChI is InChI=1S/C28H27NO5/c1-19(2)33-17-16-29-25(21-12-9-15-23(18-21)34-22-13-7-4-8-14-22)24(27(31)28(29)32)26(30)20-10-5-3-6-11-20/h3-15,18-19,25,30H,16-17H2,1-2H3/b26-24-. The summed E-state index contributed by atoms with van der Waals surface area (Å²) in [6.45, 7) is 4.30. The third kappa shape index (κ3) is 5.02. The normalized spacial score (nSPS) is 17.4. The quantitative estimate of drug-likeness (QED) is 0.281. The molecule has 0 saturated carbocycles. The summed E-state index contributed by atoms with van der Waals surface area (Å²) in [5.41, 5.74) is 1.19. The number of rotatable bonds is 8. The highest BCUT2D eigenvalue weighted by Crippen LogP contribution is 2.40. The molecule has 0 radical (unpaired) electrons. The summed E-state index contributed by atoms with van der Waals surface area (Å²) in [7, 11) is 0. The molecule has 0 spiro atoms. The molecule has 3 aromatic rings. The first-order valence-corrected chi connectivity index (χ1v) is 11.2. The van der Waals surface area contributed by atoms with Crippen molar-refractivity contribution in [2.75, 3.05) is 13.2 Å². The molecule has 1 aliphatic rings. The van der Waals surface area contributed by atoms with Crippen LogP contribution in [0.2, 0.25) is 0 Å². The van der Waals surface area contributed by atoms with Crippen LogP contribution in [0.5, 0.6) is 11.5 Å². The van der Waals surface area contributed by atoms with E-state index in [-0.39, 0.29) is 30.6 Å². The molecule has 0 aromatic heterocycles. The van der Waals surface area contributed by atoms with Crippen LogP contribution in [0.1, 0.15) is 31.0 Å². The van der Waals surface area contributed by atoms with E-state index in [4.69, 9.17) is 9.47 Å². The molecular formula is C28H27NO5. The van der Waals surface area contributed by atoms with Crippen molar-refractivity contribution in [2.45, 2.75) is 26.0 Å². The molecule has 3 aromatic carbocycles. The molecule has 1 saturated heterocycles. The van der Waals surface area contributed by atoms with Crippen molar-refractivity contribution in [3.63, 3.8) is 0 Å². The van der Waals surface area contributed by atoms with Crippen molar-refractivity contribution in [1.29, 1.82) is 0 Å². The SMILES string of the molecule is CC(C)OCCN1C(=O)C(=O)/C(=C(\O)c2ccccc2)C1c1cccc(Oc2ccccc2)c1. The van der Waals surface area contributed by atoms with Gasteiger partial charge in [-0.2, -0.15) is 0 Å². The Balaban J connectivity index is 1.76. The average molecular weight is 458 g/mol.